The van der Waals surface area contributed by atoms with Gasteiger partial charge in [-0.2, -0.15) is 0 Å². The molecule has 0 fully saturated rings. The molecule has 0 saturated carbocycles. The second-order valence-electron chi connectivity index (χ2n) is 2.38. The van der Waals surface area contributed by atoms with E-state index in [-0.39, 0.29) is 11.5 Å². The first-order valence-corrected chi connectivity index (χ1v) is 3.57. The summed E-state index contributed by atoms with van der Waals surface area (Å²) < 4.78 is 4.83. The number of ether oxygens (including phenoxy) is 1. The lowest BCUT2D eigenvalue weighted by Crippen LogP contribution is -2.19. The van der Waals surface area contributed by atoms with Gasteiger partial charge in [-0.05, 0) is 12.1 Å². The van der Waals surface area contributed by atoms with E-state index in [1.807, 2.05) is 0 Å². The molecule has 0 aliphatic rings. The third-order valence-electron chi connectivity index (χ3n) is 1.45. The zero-order valence-electron chi connectivity index (χ0n) is 7.07. The summed E-state index contributed by atoms with van der Waals surface area (Å²) in [7, 11) is 1.42. The van der Waals surface area contributed by atoms with Crippen LogP contribution in [-0.4, -0.2) is 18.2 Å². The zero-order chi connectivity index (χ0) is 9.84. The predicted octanol–water partition coefficient (Wildman–Crippen LogP) is 0.891. The fourth-order valence-electron chi connectivity index (χ4n) is 0.898. The molecule has 70 valence electrons. The van der Waals surface area contributed by atoms with Gasteiger partial charge in [-0.15, -0.1) is 0 Å². The Morgan fingerprint density at radius 1 is 1.62 bits per heavy atom. The molecule has 1 rings (SSSR count). The highest BCUT2D eigenvalue weighted by Crippen LogP contribution is 2.28. The van der Waals surface area contributed by atoms with E-state index in [0.29, 0.717) is 5.69 Å². The van der Waals surface area contributed by atoms with Crippen molar-refractivity contribution in [1.82, 2.24) is 0 Å². The van der Waals surface area contributed by atoms with Crippen molar-refractivity contribution in [1.29, 1.82) is 0 Å². The molecule has 5 nitrogen and oxygen atoms in total. The third-order valence-corrected chi connectivity index (χ3v) is 1.45. The van der Waals surface area contributed by atoms with Crippen LogP contribution in [0.4, 0.5) is 10.5 Å². The van der Waals surface area contributed by atoms with Crippen molar-refractivity contribution < 1.29 is 14.6 Å². The van der Waals surface area contributed by atoms with Gasteiger partial charge < -0.3 is 20.9 Å². The minimum absolute atomic E-state index is 0.0116. The zero-order valence-corrected chi connectivity index (χ0v) is 7.07. The summed E-state index contributed by atoms with van der Waals surface area (Å²) >= 11 is 0. The molecular formula is C8H10N2O3. The van der Waals surface area contributed by atoms with Crippen LogP contribution in [0.2, 0.25) is 0 Å². The number of methoxy groups -OCH3 is 1. The van der Waals surface area contributed by atoms with Gasteiger partial charge in [0.05, 0.1) is 7.11 Å². The fraction of sp³-hybridized carbons (Fsp3) is 0.125. The van der Waals surface area contributed by atoms with Crippen LogP contribution >= 0.6 is 0 Å². The Labute approximate surface area is 75.1 Å². The Bertz CT molecular complexity index is 325. The number of nitrogens with one attached hydrogen (secondary N) is 1. The maximum atomic E-state index is 10.5. The first-order chi connectivity index (χ1) is 6.13. The van der Waals surface area contributed by atoms with Crippen LogP contribution < -0.4 is 15.8 Å². The quantitative estimate of drug-likeness (QED) is 0.594. The standard InChI is InChI=1S/C8H10N2O3/c1-13-7-4-5(10-8(9)12)2-3-6(7)11/h2-4,11H,1H3,(H3,9,10,12). The van der Waals surface area contributed by atoms with Crippen LogP contribution in [0.25, 0.3) is 0 Å². The van der Waals surface area contributed by atoms with Gasteiger partial charge in [0.25, 0.3) is 0 Å². The number of rotatable bonds is 2. The number of amides is 2. The molecule has 0 unspecified atom stereocenters. The molecule has 0 atom stereocenters. The summed E-state index contributed by atoms with van der Waals surface area (Å²) in [5.74, 6) is 0.295. The van der Waals surface area contributed by atoms with E-state index in [2.05, 4.69) is 5.32 Å². The molecule has 1 aromatic carbocycles. The van der Waals surface area contributed by atoms with Gasteiger partial charge in [0.1, 0.15) is 0 Å². The Morgan fingerprint density at radius 3 is 2.85 bits per heavy atom. The monoisotopic (exact) mass is 182 g/mol. The molecule has 1 aromatic rings. The maximum absolute atomic E-state index is 10.5. The summed E-state index contributed by atoms with van der Waals surface area (Å²) in [5.41, 5.74) is 5.37. The second-order valence-corrected chi connectivity index (χ2v) is 2.38. The van der Waals surface area contributed by atoms with Gasteiger partial charge in [0, 0.05) is 11.8 Å². The summed E-state index contributed by atoms with van der Waals surface area (Å²) in [6.07, 6.45) is 0. The van der Waals surface area contributed by atoms with Crippen molar-refractivity contribution in [3.8, 4) is 11.5 Å². The molecule has 2 amide bonds. The summed E-state index contributed by atoms with van der Waals surface area (Å²) in [6, 6.07) is 3.74. The van der Waals surface area contributed by atoms with Crippen LogP contribution in [0.3, 0.4) is 0 Å². The third kappa shape index (κ3) is 2.26. The van der Waals surface area contributed by atoms with Crippen LogP contribution in [0.15, 0.2) is 18.2 Å². The van der Waals surface area contributed by atoms with Gasteiger partial charge in [-0.1, -0.05) is 0 Å². The minimum atomic E-state index is -0.659. The smallest absolute Gasteiger partial charge is 0.316 e. The van der Waals surface area contributed by atoms with Crippen molar-refractivity contribution in [2.75, 3.05) is 12.4 Å². The molecule has 5 heteroatoms. The minimum Gasteiger partial charge on any atom is -0.504 e. The number of phenolic OH excluding ortho intramolecular Hbond substituents is 1. The van der Waals surface area contributed by atoms with Crippen LogP contribution in [0.1, 0.15) is 0 Å². The molecular weight excluding hydrogens is 172 g/mol. The molecule has 0 spiro atoms. The molecule has 0 saturated heterocycles. The molecule has 0 aliphatic carbocycles. The van der Waals surface area contributed by atoms with Gasteiger partial charge in [-0.25, -0.2) is 4.79 Å². The van der Waals surface area contributed by atoms with E-state index in [4.69, 9.17) is 10.5 Å². The van der Waals surface area contributed by atoms with E-state index >= 15 is 0 Å². The van der Waals surface area contributed by atoms with Crippen LogP contribution in [0, 0.1) is 0 Å². The van der Waals surface area contributed by atoms with Gasteiger partial charge >= 0.3 is 6.03 Å². The summed E-state index contributed by atoms with van der Waals surface area (Å²) in [4.78, 5) is 10.5. The average Bonchev–Trinajstić information content (AvgIpc) is 2.07. The lowest BCUT2D eigenvalue weighted by Gasteiger charge is -2.06. The summed E-state index contributed by atoms with van der Waals surface area (Å²) in [5, 5.41) is 11.6. The largest absolute Gasteiger partial charge is 0.504 e. The number of urea groups is 1. The molecule has 0 radical (unpaired) electrons. The molecule has 13 heavy (non-hydrogen) atoms. The van der Waals surface area contributed by atoms with E-state index in [9.17, 15) is 9.90 Å². The lowest BCUT2D eigenvalue weighted by molar-refractivity contribution is 0.259. The number of anilines is 1. The van der Waals surface area contributed by atoms with Crippen LogP contribution in [0.5, 0.6) is 11.5 Å². The van der Waals surface area contributed by atoms with Crippen molar-refractivity contribution in [3.05, 3.63) is 18.2 Å². The number of hydrogen-bond acceptors (Lipinski definition) is 3. The number of carbonyl (C=O) groups excluding carboxylic acids is 1. The Hall–Kier alpha value is -1.91. The number of hydrogen-bond donors (Lipinski definition) is 3. The summed E-state index contributed by atoms with van der Waals surface area (Å²) in [6.45, 7) is 0. The van der Waals surface area contributed by atoms with Crippen molar-refractivity contribution in [2.45, 2.75) is 0 Å². The SMILES string of the molecule is COc1cc(NC(N)=O)ccc1O. The number of primary amides is 1. The van der Waals surface area contributed by atoms with E-state index in [0.717, 1.165) is 0 Å². The first kappa shape index (κ1) is 9.18. The topological polar surface area (TPSA) is 84.6 Å². The molecule has 0 aromatic heterocycles. The Kier molecular flexibility index (Phi) is 2.59. The van der Waals surface area contributed by atoms with Gasteiger partial charge in [-0.3, -0.25) is 0 Å². The number of nitrogens with two attached hydrogens (primary N) is 1. The number of phenols is 1. The second kappa shape index (κ2) is 3.66. The highest BCUT2D eigenvalue weighted by molar-refractivity contribution is 5.88. The highest BCUT2D eigenvalue weighted by Gasteiger charge is 2.02. The van der Waals surface area contributed by atoms with E-state index < -0.39 is 6.03 Å². The number of aromatic hydroxyl groups is 1. The van der Waals surface area contributed by atoms with E-state index in [1.165, 1.54) is 25.3 Å². The van der Waals surface area contributed by atoms with E-state index in [1.54, 1.807) is 0 Å². The molecule has 0 heterocycles. The Morgan fingerprint density at radius 2 is 2.31 bits per heavy atom. The number of carbonyl (C=O) groups is 1. The van der Waals surface area contributed by atoms with Crippen molar-refractivity contribution in [2.24, 2.45) is 5.73 Å². The Balaban J connectivity index is 2.92. The normalized spacial score (nSPS) is 9.31. The number of benzene rings is 1. The fourth-order valence-corrected chi connectivity index (χ4v) is 0.898. The average molecular weight is 182 g/mol. The highest BCUT2D eigenvalue weighted by atomic mass is 16.5. The molecule has 0 aliphatic heterocycles. The maximum Gasteiger partial charge on any atom is 0.316 e. The predicted molar refractivity (Wildman–Crippen MR) is 47.9 cm³/mol. The molecule has 0 bridgehead atoms. The van der Waals surface area contributed by atoms with Gasteiger partial charge in [0.2, 0.25) is 0 Å². The van der Waals surface area contributed by atoms with Crippen molar-refractivity contribution >= 4 is 11.7 Å². The van der Waals surface area contributed by atoms with Crippen molar-refractivity contribution in [3.63, 3.8) is 0 Å². The molecule has 4 N–H and O–H groups in total. The lowest BCUT2D eigenvalue weighted by atomic mass is 10.3. The van der Waals surface area contributed by atoms with Gasteiger partial charge in [0.15, 0.2) is 11.5 Å². The van der Waals surface area contributed by atoms with Crippen LogP contribution in [-0.2, 0) is 0 Å². The first-order valence-electron chi connectivity index (χ1n) is 3.57.